The number of alkyl halides is 1. The number of hydrogen-bond donors (Lipinski definition) is 0. The Morgan fingerprint density at radius 1 is 1.11 bits per heavy atom. The van der Waals surface area contributed by atoms with Crippen molar-refractivity contribution in [2.24, 2.45) is 0 Å². The minimum Gasteiger partial charge on any atom is -0.439 e. The van der Waals surface area contributed by atoms with Crippen molar-refractivity contribution in [3.05, 3.63) is 53.0 Å². The van der Waals surface area contributed by atoms with Crippen molar-refractivity contribution in [1.82, 2.24) is 4.98 Å². The molecule has 2 nitrogen and oxygen atoms in total. The van der Waals surface area contributed by atoms with Crippen molar-refractivity contribution < 1.29 is 4.42 Å². The standard InChI is InChI=1S/C14H9BrClNO/c15-12-4-3-9-5-11(2-1-10(9)6-12)13-8-17-14(7-16)18-13/h1-6,8H,7H2. The van der Waals surface area contributed by atoms with E-state index >= 15 is 0 Å². The van der Waals surface area contributed by atoms with Crippen LogP contribution < -0.4 is 0 Å². The van der Waals surface area contributed by atoms with E-state index in [2.05, 4.69) is 45.2 Å². The van der Waals surface area contributed by atoms with Gasteiger partial charge in [0.05, 0.1) is 12.1 Å². The summed E-state index contributed by atoms with van der Waals surface area (Å²) < 4.78 is 6.61. The van der Waals surface area contributed by atoms with Gasteiger partial charge in [0.1, 0.15) is 0 Å². The minimum absolute atomic E-state index is 0.292. The first-order valence-electron chi connectivity index (χ1n) is 5.46. The van der Waals surface area contributed by atoms with Crippen LogP contribution in [0.25, 0.3) is 22.1 Å². The van der Waals surface area contributed by atoms with Crippen LogP contribution in [0.3, 0.4) is 0 Å². The highest BCUT2D eigenvalue weighted by Crippen LogP contribution is 2.27. The van der Waals surface area contributed by atoms with Gasteiger partial charge in [-0.1, -0.05) is 34.1 Å². The fourth-order valence-electron chi connectivity index (χ4n) is 1.88. The van der Waals surface area contributed by atoms with E-state index < -0.39 is 0 Å². The van der Waals surface area contributed by atoms with E-state index in [1.807, 2.05) is 12.1 Å². The van der Waals surface area contributed by atoms with E-state index in [1.165, 1.54) is 10.8 Å². The molecule has 0 fully saturated rings. The molecule has 2 aromatic carbocycles. The van der Waals surface area contributed by atoms with Gasteiger partial charge in [0.2, 0.25) is 5.89 Å². The van der Waals surface area contributed by atoms with Crippen LogP contribution in [0.1, 0.15) is 5.89 Å². The average Bonchev–Trinajstić information content (AvgIpc) is 2.87. The predicted octanol–water partition coefficient (Wildman–Crippen LogP) is 5.00. The number of aromatic nitrogens is 1. The Bertz CT molecular complexity index is 708. The zero-order valence-corrected chi connectivity index (χ0v) is 11.7. The van der Waals surface area contributed by atoms with E-state index in [4.69, 9.17) is 16.0 Å². The first kappa shape index (κ1) is 11.8. The quantitative estimate of drug-likeness (QED) is 0.621. The van der Waals surface area contributed by atoms with Crippen molar-refractivity contribution in [2.75, 3.05) is 0 Å². The number of oxazole rings is 1. The van der Waals surface area contributed by atoms with Crippen LogP contribution >= 0.6 is 27.5 Å². The number of halogens is 2. The Morgan fingerprint density at radius 2 is 1.89 bits per heavy atom. The Balaban J connectivity index is 2.10. The second-order valence-electron chi connectivity index (χ2n) is 3.96. The summed E-state index contributed by atoms with van der Waals surface area (Å²) in [4.78, 5) is 4.10. The van der Waals surface area contributed by atoms with Gasteiger partial charge in [-0.2, -0.15) is 0 Å². The molecule has 4 heteroatoms. The molecule has 3 aromatic rings. The summed E-state index contributed by atoms with van der Waals surface area (Å²) in [5.74, 6) is 1.58. The van der Waals surface area contributed by atoms with Gasteiger partial charge in [-0.25, -0.2) is 4.98 Å². The molecule has 0 aliphatic rings. The fraction of sp³-hybridized carbons (Fsp3) is 0.0714. The van der Waals surface area contributed by atoms with Crippen molar-refractivity contribution >= 4 is 38.3 Å². The normalized spacial score (nSPS) is 11.0. The van der Waals surface area contributed by atoms with Gasteiger partial charge in [0.25, 0.3) is 0 Å². The zero-order valence-electron chi connectivity index (χ0n) is 9.36. The maximum atomic E-state index is 5.68. The van der Waals surface area contributed by atoms with E-state index in [0.717, 1.165) is 15.8 Å². The molecule has 0 aliphatic heterocycles. The van der Waals surface area contributed by atoms with Crippen LogP contribution in [0, 0.1) is 0 Å². The largest absolute Gasteiger partial charge is 0.439 e. The first-order chi connectivity index (χ1) is 8.76. The number of hydrogen-bond acceptors (Lipinski definition) is 2. The van der Waals surface area contributed by atoms with Gasteiger partial charge in [0.15, 0.2) is 5.76 Å². The topological polar surface area (TPSA) is 26.0 Å². The number of fused-ring (bicyclic) bond motifs is 1. The zero-order chi connectivity index (χ0) is 12.5. The molecule has 0 saturated carbocycles. The molecular weight excluding hydrogens is 314 g/mol. The highest BCUT2D eigenvalue weighted by Gasteiger charge is 2.06. The summed E-state index contributed by atoms with van der Waals surface area (Å²) in [7, 11) is 0. The van der Waals surface area contributed by atoms with Crippen molar-refractivity contribution in [3.8, 4) is 11.3 Å². The molecule has 0 spiro atoms. The Morgan fingerprint density at radius 3 is 2.67 bits per heavy atom. The number of rotatable bonds is 2. The predicted molar refractivity (Wildman–Crippen MR) is 76.7 cm³/mol. The van der Waals surface area contributed by atoms with Gasteiger partial charge in [-0.3, -0.25) is 0 Å². The molecule has 90 valence electrons. The highest BCUT2D eigenvalue weighted by atomic mass is 79.9. The van der Waals surface area contributed by atoms with Crippen molar-refractivity contribution in [3.63, 3.8) is 0 Å². The first-order valence-corrected chi connectivity index (χ1v) is 6.79. The van der Waals surface area contributed by atoms with Crippen LogP contribution in [0.5, 0.6) is 0 Å². The van der Waals surface area contributed by atoms with Crippen LogP contribution in [-0.4, -0.2) is 4.98 Å². The Labute approximate surface area is 118 Å². The summed E-state index contributed by atoms with van der Waals surface area (Å²) in [6, 6.07) is 12.4. The van der Waals surface area contributed by atoms with Gasteiger partial charge in [0, 0.05) is 10.0 Å². The van der Waals surface area contributed by atoms with E-state index in [-0.39, 0.29) is 0 Å². The molecule has 0 amide bonds. The molecule has 1 aromatic heterocycles. The van der Waals surface area contributed by atoms with Crippen molar-refractivity contribution in [1.29, 1.82) is 0 Å². The smallest absolute Gasteiger partial charge is 0.209 e. The molecule has 0 saturated heterocycles. The molecule has 0 radical (unpaired) electrons. The average molecular weight is 323 g/mol. The summed E-state index contributed by atoms with van der Waals surface area (Å²) in [6.07, 6.45) is 1.71. The van der Waals surface area contributed by atoms with E-state index in [9.17, 15) is 0 Å². The maximum Gasteiger partial charge on any atom is 0.209 e. The van der Waals surface area contributed by atoms with Gasteiger partial charge < -0.3 is 4.42 Å². The maximum absolute atomic E-state index is 5.68. The van der Waals surface area contributed by atoms with Gasteiger partial charge in [-0.15, -0.1) is 11.6 Å². The van der Waals surface area contributed by atoms with Crippen LogP contribution in [0.2, 0.25) is 0 Å². The molecule has 1 heterocycles. The molecule has 0 atom stereocenters. The second-order valence-corrected chi connectivity index (χ2v) is 5.14. The molecule has 0 aliphatic carbocycles. The molecular formula is C14H9BrClNO. The van der Waals surface area contributed by atoms with Crippen LogP contribution in [0.4, 0.5) is 0 Å². The lowest BCUT2D eigenvalue weighted by atomic mass is 10.1. The lowest BCUT2D eigenvalue weighted by Crippen LogP contribution is -1.77. The van der Waals surface area contributed by atoms with E-state index in [0.29, 0.717) is 11.8 Å². The van der Waals surface area contributed by atoms with Crippen LogP contribution in [-0.2, 0) is 5.88 Å². The lowest BCUT2D eigenvalue weighted by molar-refractivity contribution is 0.529. The summed E-state index contributed by atoms with van der Waals surface area (Å²) in [6.45, 7) is 0. The third-order valence-electron chi connectivity index (χ3n) is 2.75. The summed E-state index contributed by atoms with van der Waals surface area (Å²) in [5.41, 5.74) is 1.01. The van der Waals surface area contributed by atoms with E-state index in [1.54, 1.807) is 6.20 Å². The summed E-state index contributed by atoms with van der Waals surface area (Å²) >= 11 is 9.14. The molecule has 3 rings (SSSR count). The Hall–Kier alpha value is -1.32. The Kier molecular flexibility index (Phi) is 3.10. The fourth-order valence-corrected chi connectivity index (χ4v) is 2.38. The monoisotopic (exact) mass is 321 g/mol. The molecule has 0 N–H and O–H groups in total. The SMILES string of the molecule is ClCc1ncc(-c2ccc3cc(Br)ccc3c2)o1. The number of nitrogens with zero attached hydrogens (tertiary/aromatic N) is 1. The third-order valence-corrected chi connectivity index (χ3v) is 3.48. The highest BCUT2D eigenvalue weighted by molar-refractivity contribution is 9.10. The molecule has 0 bridgehead atoms. The minimum atomic E-state index is 0.292. The third kappa shape index (κ3) is 2.16. The van der Waals surface area contributed by atoms with Crippen molar-refractivity contribution in [2.45, 2.75) is 5.88 Å². The lowest BCUT2D eigenvalue weighted by Gasteiger charge is -2.01. The second kappa shape index (κ2) is 4.75. The summed E-state index contributed by atoms with van der Waals surface area (Å²) in [5, 5.41) is 2.35. The van der Waals surface area contributed by atoms with Gasteiger partial charge in [-0.05, 0) is 29.0 Å². The molecule has 18 heavy (non-hydrogen) atoms. The van der Waals surface area contributed by atoms with Gasteiger partial charge >= 0.3 is 0 Å². The number of benzene rings is 2. The van der Waals surface area contributed by atoms with Crippen LogP contribution in [0.15, 0.2) is 51.5 Å². The molecule has 0 unspecified atom stereocenters.